The van der Waals surface area contributed by atoms with Crippen molar-refractivity contribution in [2.75, 3.05) is 24.3 Å². The van der Waals surface area contributed by atoms with Crippen LogP contribution in [0.4, 0.5) is 11.5 Å². The molecule has 2 N–H and O–H groups in total. The number of rotatable bonds is 10. The molecule has 0 fully saturated rings. The molecule has 2 aromatic heterocycles. The summed E-state index contributed by atoms with van der Waals surface area (Å²) in [6, 6.07) is 23.8. The molecule has 0 saturated heterocycles. The number of sulfonamides is 1. The normalized spacial score (nSPS) is 11.2. The molecule has 5 aromatic rings. The molecule has 0 saturated carbocycles. The summed E-state index contributed by atoms with van der Waals surface area (Å²) in [4.78, 5) is 20.5. The van der Waals surface area contributed by atoms with Gasteiger partial charge in [-0.1, -0.05) is 30.3 Å². The number of methoxy groups -OCH3 is 2. The minimum Gasteiger partial charge on any atom is -0.486 e. The number of anilines is 2. The maximum absolute atomic E-state index is 12.8. The smallest absolute Gasteiger partial charge is 0.321 e. The van der Waals surface area contributed by atoms with Crippen LogP contribution in [0.3, 0.4) is 0 Å². The minimum absolute atomic E-state index is 0.0284. The van der Waals surface area contributed by atoms with E-state index in [0.717, 1.165) is 10.8 Å². The van der Waals surface area contributed by atoms with Gasteiger partial charge >= 0.3 is 6.01 Å². The molecule has 0 spiro atoms. The van der Waals surface area contributed by atoms with Gasteiger partial charge in [-0.3, -0.25) is 9.52 Å². The van der Waals surface area contributed by atoms with Crippen LogP contribution >= 0.6 is 0 Å². The Balaban J connectivity index is 1.20. The van der Waals surface area contributed by atoms with Gasteiger partial charge in [0, 0.05) is 11.8 Å². The Bertz CT molecular complexity index is 1750. The van der Waals surface area contributed by atoms with Gasteiger partial charge in [0.15, 0.2) is 11.6 Å². The zero-order valence-electron chi connectivity index (χ0n) is 21.5. The first-order valence-electron chi connectivity index (χ1n) is 11.9. The zero-order valence-corrected chi connectivity index (χ0v) is 22.3. The number of carbonyl (C=O) groups is 1. The van der Waals surface area contributed by atoms with Crippen molar-refractivity contribution in [3.63, 3.8) is 0 Å². The van der Waals surface area contributed by atoms with Crippen molar-refractivity contribution < 1.29 is 31.8 Å². The Morgan fingerprint density at radius 1 is 0.875 bits per heavy atom. The molecule has 0 radical (unpaired) electrons. The second kappa shape index (κ2) is 11.3. The largest absolute Gasteiger partial charge is 0.486 e. The molecule has 0 atom stereocenters. The van der Waals surface area contributed by atoms with Crippen LogP contribution < -0.4 is 24.2 Å². The molecule has 0 aliphatic carbocycles. The van der Waals surface area contributed by atoms with E-state index in [1.54, 1.807) is 12.1 Å². The van der Waals surface area contributed by atoms with E-state index in [1.807, 2.05) is 42.5 Å². The van der Waals surface area contributed by atoms with Gasteiger partial charge in [0.1, 0.15) is 18.1 Å². The molecule has 40 heavy (non-hydrogen) atoms. The fraction of sp³-hybridized carbons (Fsp3) is 0.107. The highest BCUT2D eigenvalue weighted by molar-refractivity contribution is 7.92. The van der Waals surface area contributed by atoms with Crippen LogP contribution in [0.1, 0.15) is 16.3 Å². The SMILES string of the molecule is COc1cc(NS(=O)(=O)c2ccc(NC(=O)c3ccc(COc4ccc5ccccc5c4)o3)cc2)nc(OC)n1. The van der Waals surface area contributed by atoms with E-state index >= 15 is 0 Å². The molecule has 0 aliphatic rings. The van der Waals surface area contributed by atoms with Gasteiger partial charge in [0.25, 0.3) is 15.9 Å². The fourth-order valence-electron chi connectivity index (χ4n) is 3.75. The number of ether oxygens (including phenoxy) is 3. The summed E-state index contributed by atoms with van der Waals surface area (Å²) >= 11 is 0. The van der Waals surface area contributed by atoms with E-state index < -0.39 is 15.9 Å². The number of nitrogens with zero attached hydrogens (tertiary/aromatic N) is 2. The first-order chi connectivity index (χ1) is 19.3. The number of benzene rings is 3. The minimum atomic E-state index is -4.00. The average Bonchev–Trinajstić information content (AvgIpc) is 3.45. The predicted molar refractivity (Wildman–Crippen MR) is 147 cm³/mol. The summed E-state index contributed by atoms with van der Waals surface area (Å²) in [5, 5.41) is 4.85. The van der Waals surface area contributed by atoms with Gasteiger partial charge in [-0.15, -0.1) is 0 Å². The van der Waals surface area contributed by atoms with Crippen LogP contribution in [0.2, 0.25) is 0 Å². The summed E-state index contributed by atoms with van der Waals surface area (Å²) in [7, 11) is -1.26. The van der Waals surface area contributed by atoms with E-state index in [2.05, 4.69) is 20.0 Å². The number of amides is 1. The number of nitrogens with one attached hydrogen (secondary N) is 2. The Morgan fingerprint density at radius 2 is 1.65 bits per heavy atom. The quantitative estimate of drug-likeness (QED) is 0.245. The Morgan fingerprint density at radius 3 is 2.40 bits per heavy atom. The second-order valence-corrected chi connectivity index (χ2v) is 10.1. The standard InChI is InChI=1S/C28H24N4O7S/c1-36-26-16-25(30-28(31-26)37-2)32-40(34,35)23-12-8-20(9-13-23)29-27(33)24-14-11-22(39-24)17-38-21-10-7-18-5-3-4-6-19(18)15-21/h3-16H,17H2,1-2H3,(H,29,33)(H,30,31,32). The summed E-state index contributed by atoms with van der Waals surface area (Å²) < 4.78 is 49.4. The first-order valence-corrected chi connectivity index (χ1v) is 13.4. The lowest BCUT2D eigenvalue weighted by atomic mass is 10.1. The lowest BCUT2D eigenvalue weighted by Gasteiger charge is -2.10. The van der Waals surface area contributed by atoms with Gasteiger partial charge < -0.3 is 23.9 Å². The molecule has 0 aliphatic heterocycles. The van der Waals surface area contributed by atoms with Crippen molar-refractivity contribution >= 4 is 38.2 Å². The van der Waals surface area contributed by atoms with E-state index in [-0.39, 0.29) is 35.0 Å². The van der Waals surface area contributed by atoms with Crippen molar-refractivity contribution in [1.82, 2.24) is 9.97 Å². The van der Waals surface area contributed by atoms with Gasteiger partial charge in [0.2, 0.25) is 5.88 Å². The fourth-order valence-corrected chi connectivity index (χ4v) is 4.74. The highest BCUT2D eigenvalue weighted by atomic mass is 32.2. The van der Waals surface area contributed by atoms with Crippen LogP contribution in [0.15, 0.2) is 94.2 Å². The summed E-state index contributed by atoms with van der Waals surface area (Å²) in [6.07, 6.45) is 0. The molecule has 1 amide bonds. The number of aromatic nitrogens is 2. The number of fused-ring (bicyclic) bond motifs is 1. The number of furan rings is 1. The van der Waals surface area contributed by atoms with Crippen LogP contribution in [0.5, 0.6) is 17.6 Å². The van der Waals surface area contributed by atoms with Crippen LogP contribution in [-0.4, -0.2) is 38.5 Å². The van der Waals surface area contributed by atoms with E-state index in [4.69, 9.17) is 18.6 Å². The molecular formula is C28H24N4O7S. The highest BCUT2D eigenvalue weighted by Gasteiger charge is 2.18. The molecule has 12 heteroatoms. The van der Waals surface area contributed by atoms with Gasteiger partial charge in [0.05, 0.1) is 19.1 Å². The molecule has 204 valence electrons. The van der Waals surface area contributed by atoms with Gasteiger partial charge in [-0.25, -0.2) is 8.42 Å². The molecule has 0 unspecified atom stereocenters. The Kier molecular flexibility index (Phi) is 7.51. The first kappa shape index (κ1) is 26.5. The topological polar surface area (TPSA) is 142 Å². The van der Waals surface area contributed by atoms with E-state index in [0.29, 0.717) is 17.2 Å². The third-order valence-corrected chi connectivity index (χ3v) is 7.09. The summed E-state index contributed by atoms with van der Waals surface area (Å²) in [5.74, 6) is 0.851. The maximum Gasteiger partial charge on any atom is 0.321 e. The maximum atomic E-state index is 12.8. The molecule has 2 heterocycles. The molecule has 11 nitrogen and oxygen atoms in total. The van der Waals surface area contributed by atoms with Crippen molar-refractivity contribution in [3.8, 4) is 17.6 Å². The van der Waals surface area contributed by atoms with Gasteiger partial charge in [-0.2, -0.15) is 9.97 Å². The van der Waals surface area contributed by atoms with Crippen LogP contribution in [0, 0.1) is 0 Å². The number of hydrogen-bond donors (Lipinski definition) is 2. The summed E-state index contributed by atoms with van der Waals surface area (Å²) in [5.41, 5.74) is 0.375. The number of carbonyl (C=O) groups excluding carboxylic acids is 1. The highest BCUT2D eigenvalue weighted by Crippen LogP contribution is 2.23. The third-order valence-electron chi connectivity index (χ3n) is 5.72. The molecule has 5 rings (SSSR count). The summed E-state index contributed by atoms with van der Waals surface area (Å²) in [6.45, 7) is 0.148. The van der Waals surface area contributed by atoms with E-state index in [9.17, 15) is 13.2 Å². The van der Waals surface area contributed by atoms with Crippen molar-refractivity contribution in [1.29, 1.82) is 0 Å². The lowest BCUT2D eigenvalue weighted by molar-refractivity contribution is 0.0992. The van der Waals surface area contributed by atoms with Crippen molar-refractivity contribution in [2.45, 2.75) is 11.5 Å². The van der Waals surface area contributed by atoms with E-state index in [1.165, 1.54) is 44.6 Å². The van der Waals surface area contributed by atoms with Crippen molar-refractivity contribution in [2.24, 2.45) is 0 Å². The van der Waals surface area contributed by atoms with Crippen molar-refractivity contribution in [3.05, 3.63) is 96.4 Å². The molecule has 0 bridgehead atoms. The Labute approximate surface area is 229 Å². The number of hydrogen-bond acceptors (Lipinski definition) is 9. The predicted octanol–water partition coefficient (Wildman–Crippen LogP) is 4.87. The van der Waals surface area contributed by atoms with Crippen LogP contribution in [0.25, 0.3) is 10.8 Å². The molecule has 3 aromatic carbocycles. The zero-order chi connectivity index (χ0) is 28.1. The molecular weight excluding hydrogens is 536 g/mol. The third kappa shape index (κ3) is 6.13. The Hall–Kier alpha value is -5.10. The average molecular weight is 561 g/mol. The monoisotopic (exact) mass is 560 g/mol. The van der Waals surface area contributed by atoms with Gasteiger partial charge in [-0.05, 0) is 59.3 Å². The van der Waals surface area contributed by atoms with Crippen LogP contribution in [-0.2, 0) is 16.6 Å². The lowest BCUT2D eigenvalue weighted by Crippen LogP contribution is -2.15. The second-order valence-electron chi connectivity index (χ2n) is 8.43.